The zero-order valence-electron chi connectivity index (χ0n) is 10.5. The summed E-state index contributed by atoms with van der Waals surface area (Å²) in [5.41, 5.74) is 0.727. The third-order valence-electron chi connectivity index (χ3n) is 3.76. The fourth-order valence-corrected chi connectivity index (χ4v) is 3.07. The Kier molecular flexibility index (Phi) is 3.29. The Morgan fingerprint density at radius 2 is 2.11 bits per heavy atom. The van der Waals surface area contributed by atoms with Crippen molar-refractivity contribution in [3.8, 4) is 0 Å². The summed E-state index contributed by atoms with van der Waals surface area (Å²) in [6.45, 7) is 0.517. The van der Waals surface area contributed by atoms with Crippen molar-refractivity contribution < 1.29 is 4.79 Å². The lowest BCUT2D eigenvalue weighted by molar-refractivity contribution is -0.130. The molecule has 2 heterocycles. The summed E-state index contributed by atoms with van der Waals surface area (Å²) >= 11 is 1.56. The highest BCUT2D eigenvalue weighted by molar-refractivity contribution is 7.09. The van der Waals surface area contributed by atoms with Gasteiger partial charge >= 0.3 is 0 Å². The van der Waals surface area contributed by atoms with E-state index in [4.69, 9.17) is 0 Å². The van der Waals surface area contributed by atoms with Crippen LogP contribution < -0.4 is 5.32 Å². The van der Waals surface area contributed by atoms with Crippen molar-refractivity contribution in [1.82, 2.24) is 15.3 Å². The third-order valence-corrected chi connectivity index (χ3v) is 4.54. The molecule has 2 aromatic heterocycles. The summed E-state index contributed by atoms with van der Waals surface area (Å²) in [7, 11) is 0. The number of pyridine rings is 1. The van der Waals surface area contributed by atoms with Crippen molar-refractivity contribution in [2.24, 2.45) is 0 Å². The molecule has 1 aliphatic carbocycles. The standard InChI is InChI=1S/C14H15N3OS/c18-13(17-10-12-16-8-9-19-12)14(4-1-5-14)11-2-6-15-7-3-11/h2-3,6-9H,1,4-5,10H2,(H,17,18). The Bertz CT molecular complexity index is 549. The largest absolute Gasteiger partial charge is 0.349 e. The SMILES string of the molecule is O=C(NCc1nccs1)C1(c2ccncc2)CCC1. The van der Waals surface area contributed by atoms with Crippen LogP contribution in [0.25, 0.3) is 0 Å². The molecule has 5 heteroatoms. The van der Waals surface area contributed by atoms with Gasteiger partial charge in [0.1, 0.15) is 5.01 Å². The molecule has 0 spiro atoms. The van der Waals surface area contributed by atoms with E-state index in [1.165, 1.54) is 0 Å². The maximum atomic E-state index is 12.5. The van der Waals surface area contributed by atoms with Gasteiger partial charge in [0.15, 0.2) is 0 Å². The van der Waals surface area contributed by atoms with Crippen molar-refractivity contribution in [2.75, 3.05) is 0 Å². The molecule has 2 aromatic rings. The maximum Gasteiger partial charge on any atom is 0.231 e. The lowest BCUT2D eigenvalue weighted by atomic mass is 9.64. The molecule has 0 bridgehead atoms. The summed E-state index contributed by atoms with van der Waals surface area (Å²) in [6.07, 6.45) is 8.20. The first-order valence-electron chi connectivity index (χ1n) is 6.38. The van der Waals surface area contributed by atoms with Gasteiger partial charge in [-0.3, -0.25) is 9.78 Å². The summed E-state index contributed by atoms with van der Waals surface area (Å²) in [5, 5.41) is 5.88. The molecule has 0 radical (unpaired) electrons. The molecular formula is C14H15N3OS. The van der Waals surface area contributed by atoms with E-state index in [9.17, 15) is 4.79 Å². The Balaban J connectivity index is 1.73. The minimum absolute atomic E-state index is 0.111. The van der Waals surface area contributed by atoms with E-state index < -0.39 is 0 Å². The summed E-state index contributed by atoms with van der Waals surface area (Å²) in [4.78, 5) is 20.7. The van der Waals surface area contributed by atoms with Crippen LogP contribution in [0.2, 0.25) is 0 Å². The molecule has 4 nitrogen and oxygen atoms in total. The quantitative estimate of drug-likeness (QED) is 0.929. The minimum Gasteiger partial charge on any atom is -0.349 e. The molecule has 98 valence electrons. The third kappa shape index (κ3) is 2.26. The topological polar surface area (TPSA) is 54.9 Å². The van der Waals surface area contributed by atoms with Crippen LogP contribution in [0.4, 0.5) is 0 Å². The summed E-state index contributed by atoms with van der Waals surface area (Å²) < 4.78 is 0. The molecule has 1 N–H and O–H groups in total. The van der Waals surface area contributed by atoms with Crippen molar-refractivity contribution in [3.05, 3.63) is 46.7 Å². The Labute approximate surface area is 115 Å². The van der Waals surface area contributed by atoms with Gasteiger partial charge in [-0.15, -0.1) is 11.3 Å². The number of rotatable bonds is 4. The van der Waals surface area contributed by atoms with Crippen molar-refractivity contribution in [2.45, 2.75) is 31.2 Å². The average molecular weight is 273 g/mol. The zero-order chi connectivity index (χ0) is 13.1. The second-order valence-corrected chi connectivity index (χ2v) is 5.76. The van der Waals surface area contributed by atoms with E-state index in [-0.39, 0.29) is 11.3 Å². The number of amides is 1. The molecule has 3 rings (SSSR count). The monoisotopic (exact) mass is 273 g/mol. The summed E-state index contributed by atoms with van der Waals surface area (Å²) in [6, 6.07) is 3.89. The minimum atomic E-state index is -0.347. The maximum absolute atomic E-state index is 12.5. The Hall–Kier alpha value is -1.75. The predicted molar refractivity (Wildman–Crippen MR) is 73.7 cm³/mol. The molecule has 0 aromatic carbocycles. The van der Waals surface area contributed by atoms with Crippen LogP contribution in [0.5, 0.6) is 0 Å². The van der Waals surface area contributed by atoms with E-state index in [0.717, 1.165) is 29.8 Å². The van der Waals surface area contributed by atoms with Gasteiger partial charge in [0.25, 0.3) is 0 Å². The van der Waals surface area contributed by atoms with Gasteiger partial charge in [-0.1, -0.05) is 6.42 Å². The first kappa shape index (κ1) is 12.3. The van der Waals surface area contributed by atoms with E-state index in [2.05, 4.69) is 15.3 Å². The van der Waals surface area contributed by atoms with Crippen LogP contribution in [0.1, 0.15) is 29.8 Å². The van der Waals surface area contributed by atoms with E-state index in [1.807, 2.05) is 17.5 Å². The van der Waals surface area contributed by atoms with Crippen molar-refractivity contribution in [1.29, 1.82) is 0 Å². The smallest absolute Gasteiger partial charge is 0.231 e. The van der Waals surface area contributed by atoms with E-state index in [1.54, 1.807) is 29.9 Å². The highest BCUT2D eigenvalue weighted by Gasteiger charge is 2.45. The normalized spacial score (nSPS) is 16.6. The van der Waals surface area contributed by atoms with Gasteiger partial charge in [-0.25, -0.2) is 4.98 Å². The second kappa shape index (κ2) is 5.09. The predicted octanol–water partition coefficient (Wildman–Crippen LogP) is 2.28. The molecule has 0 saturated heterocycles. The number of carbonyl (C=O) groups is 1. The van der Waals surface area contributed by atoms with Gasteiger partial charge in [0.2, 0.25) is 5.91 Å². The Morgan fingerprint density at radius 3 is 2.68 bits per heavy atom. The molecule has 1 fully saturated rings. The van der Waals surface area contributed by atoms with Crippen LogP contribution in [0, 0.1) is 0 Å². The molecular weight excluding hydrogens is 258 g/mol. The first-order chi connectivity index (χ1) is 9.31. The van der Waals surface area contributed by atoms with Gasteiger partial charge in [0.05, 0.1) is 12.0 Å². The highest BCUT2D eigenvalue weighted by atomic mass is 32.1. The first-order valence-corrected chi connectivity index (χ1v) is 7.26. The number of carbonyl (C=O) groups excluding carboxylic acids is 1. The molecule has 1 saturated carbocycles. The molecule has 0 atom stereocenters. The average Bonchev–Trinajstić information content (AvgIpc) is 2.89. The number of thiazole rings is 1. The lowest BCUT2D eigenvalue weighted by Crippen LogP contribution is -2.48. The molecule has 0 aliphatic heterocycles. The molecule has 19 heavy (non-hydrogen) atoms. The van der Waals surface area contributed by atoms with E-state index >= 15 is 0 Å². The van der Waals surface area contributed by atoms with Crippen molar-refractivity contribution in [3.63, 3.8) is 0 Å². The summed E-state index contributed by atoms with van der Waals surface area (Å²) in [5.74, 6) is 0.111. The second-order valence-electron chi connectivity index (χ2n) is 4.78. The molecule has 1 aliphatic rings. The number of nitrogens with one attached hydrogen (secondary N) is 1. The molecule has 1 amide bonds. The zero-order valence-corrected chi connectivity index (χ0v) is 11.3. The van der Waals surface area contributed by atoms with Gasteiger partial charge in [-0.05, 0) is 30.5 Å². The number of hydrogen-bond acceptors (Lipinski definition) is 4. The van der Waals surface area contributed by atoms with Crippen molar-refractivity contribution >= 4 is 17.2 Å². The fourth-order valence-electron chi connectivity index (χ4n) is 2.51. The van der Waals surface area contributed by atoms with Crippen LogP contribution in [0.3, 0.4) is 0 Å². The fraction of sp³-hybridized carbons (Fsp3) is 0.357. The molecule has 0 unspecified atom stereocenters. The van der Waals surface area contributed by atoms with Crippen LogP contribution in [-0.2, 0) is 16.8 Å². The number of nitrogens with zero attached hydrogens (tertiary/aromatic N) is 2. The van der Waals surface area contributed by atoms with Gasteiger partial charge < -0.3 is 5.32 Å². The van der Waals surface area contributed by atoms with E-state index in [0.29, 0.717) is 6.54 Å². The van der Waals surface area contributed by atoms with Crippen LogP contribution in [0.15, 0.2) is 36.1 Å². The number of aromatic nitrogens is 2. The van der Waals surface area contributed by atoms with Crippen LogP contribution >= 0.6 is 11.3 Å². The Morgan fingerprint density at radius 1 is 1.32 bits per heavy atom. The van der Waals surface area contributed by atoms with Gasteiger partial charge in [-0.2, -0.15) is 0 Å². The number of hydrogen-bond donors (Lipinski definition) is 1. The van der Waals surface area contributed by atoms with Crippen LogP contribution in [-0.4, -0.2) is 15.9 Å². The highest BCUT2D eigenvalue weighted by Crippen LogP contribution is 2.43. The lowest BCUT2D eigenvalue weighted by Gasteiger charge is -2.40. The van der Waals surface area contributed by atoms with Gasteiger partial charge in [0, 0.05) is 24.0 Å².